The molecule has 0 aromatic heterocycles. The Morgan fingerprint density at radius 3 is 2.33 bits per heavy atom. The van der Waals surface area contributed by atoms with Gasteiger partial charge in [-0.2, -0.15) is 0 Å². The first-order valence-electron chi connectivity index (χ1n) is 3.87. The summed E-state index contributed by atoms with van der Waals surface area (Å²) in [6, 6.07) is 0. The minimum Gasteiger partial charge on any atom is -0.380 e. The minimum atomic E-state index is -0.386. The molecule has 0 spiro atoms. The SMILES string of the molecule is CNCCNc1c(C)c(=O)c1=O. The molecular weight excluding hydrogens is 156 g/mol. The molecule has 0 aliphatic carbocycles. The van der Waals surface area contributed by atoms with E-state index in [2.05, 4.69) is 10.6 Å². The molecule has 4 nitrogen and oxygen atoms in total. The van der Waals surface area contributed by atoms with Crippen molar-refractivity contribution in [3.63, 3.8) is 0 Å². The van der Waals surface area contributed by atoms with Crippen molar-refractivity contribution in [3.05, 3.63) is 26.0 Å². The Balaban J connectivity index is 2.55. The summed E-state index contributed by atoms with van der Waals surface area (Å²) in [6.45, 7) is 3.10. The lowest BCUT2D eigenvalue weighted by Gasteiger charge is -2.08. The van der Waals surface area contributed by atoms with Gasteiger partial charge in [-0.3, -0.25) is 9.59 Å². The number of likely N-dealkylation sites (N-methyl/N-ethyl adjacent to an activating group) is 1. The number of hydrogen-bond acceptors (Lipinski definition) is 4. The molecule has 1 aromatic rings. The van der Waals surface area contributed by atoms with Crippen LogP contribution in [-0.4, -0.2) is 20.1 Å². The predicted molar refractivity (Wildman–Crippen MR) is 48.5 cm³/mol. The molecule has 0 radical (unpaired) electrons. The monoisotopic (exact) mass is 168 g/mol. The van der Waals surface area contributed by atoms with Crippen LogP contribution in [0, 0.1) is 6.92 Å². The van der Waals surface area contributed by atoms with E-state index in [-0.39, 0.29) is 10.9 Å². The third kappa shape index (κ3) is 1.38. The summed E-state index contributed by atoms with van der Waals surface area (Å²) >= 11 is 0. The Morgan fingerprint density at radius 1 is 1.17 bits per heavy atom. The van der Waals surface area contributed by atoms with Crippen LogP contribution in [0.25, 0.3) is 0 Å². The summed E-state index contributed by atoms with van der Waals surface area (Å²) in [7, 11) is 1.83. The van der Waals surface area contributed by atoms with Gasteiger partial charge in [-0.15, -0.1) is 0 Å². The lowest BCUT2D eigenvalue weighted by molar-refractivity contribution is 0.821. The topological polar surface area (TPSA) is 58.2 Å². The molecule has 0 aliphatic rings. The summed E-state index contributed by atoms with van der Waals surface area (Å²) in [5.41, 5.74) is 0.289. The van der Waals surface area contributed by atoms with E-state index in [9.17, 15) is 9.59 Å². The summed E-state index contributed by atoms with van der Waals surface area (Å²) in [4.78, 5) is 21.6. The second kappa shape index (κ2) is 3.49. The van der Waals surface area contributed by atoms with E-state index in [0.717, 1.165) is 6.54 Å². The molecule has 0 heterocycles. The second-order valence-electron chi connectivity index (χ2n) is 2.69. The zero-order valence-corrected chi connectivity index (χ0v) is 7.23. The van der Waals surface area contributed by atoms with Crippen molar-refractivity contribution in [3.8, 4) is 0 Å². The third-order valence-electron chi connectivity index (χ3n) is 1.83. The smallest absolute Gasteiger partial charge is 0.249 e. The zero-order valence-electron chi connectivity index (χ0n) is 7.23. The molecule has 4 heteroatoms. The molecule has 1 aromatic carbocycles. The van der Waals surface area contributed by atoms with Gasteiger partial charge in [0.1, 0.15) is 0 Å². The lowest BCUT2D eigenvalue weighted by Crippen LogP contribution is -2.38. The Kier molecular flexibility index (Phi) is 2.60. The van der Waals surface area contributed by atoms with Gasteiger partial charge in [-0.25, -0.2) is 0 Å². The van der Waals surface area contributed by atoms with Gasteiger partial charge >= 0.3 is 0 Å². The predicted octanol–water partition coefficient (Wildman–Crippen LogP) is -0.778. The second-order valence-corrected chi connectivity index (χ2v) is 2.69. The molecule has 0 saturated heterocycles. The standard InChI is InChI=1S/C8H12N2O2/c1-5-6(8(12)7(5)11)10-4-3-9-2/h9-10H,3-4H2,1-2H3. The van der Waals surface area contributed by atoms with Crippen molar-refractivity contribution >= 4 is 5.69 Å². The summed E-state index contributed by atoms with van der Waals surface area (Å²) < 4.78 is 0. The summed E-state index contributed by atoms with van der Waals surface area (Å²) in [5.74, 6) is 0. The fraction of sp³-hybridized carbons (Fsp3) is 0.500. The van der Waals surface area contributed by atoms with Crippen molar-refractivity contribution in [2.75, 3.05) is 25.5 Å². The molecule has 0 amide bonds. The highest BCUT2D eigenvalue weighted by atomic mass is 16.2. The molecule has 0 unspecified atom stereocenters. The van der Waals surface area contributed by atoms with Crippen molar-refractivity contribution in [2.45, 2.75) is 6.92 Å². The van der Waals surface area contributed by atoms with E-state index in [1.54, 1.807) is 6.92 Å². The number of rotatable bonds is 4. The largest absolute Gasteiger partial charge is 0.380 e. The first kappa shape index (κ1) is 8.93. The van der Waals surface area contributed by atoms with Gasteiger partial charge in [0.05, 0.1) is 5.69 Å². The fourth-order valence-electron chi connectivity index (χ4n) is 1.03. The maximum atomic E-state index is 10.9. The van der Waals surface area contributed by atoms with Crippen molar-refractivity contribution in [2.24, 2.45) is 0 Å². The number of anilines is 1. The van der Waals surface area contributed by atoms with E-state index in [1.807, 2.05) is 7.05 Å². The van der Waals surface area contributed by atoms with Crippen LogP contribution in [0.15, 0.2) is 9.59 Å². The average Bonchev–Trinajstić information content (AvgIpc) is 2.11. The Labute approximate surface area is 70.3 Å². The molecule has 0 fully saturated rings. The molecule has 1 rings (SSSR count). The number of hydrogen-bond donors (Lipinski definition) is 2. The highest BCUT2D eigenvalue weighted by molar-refractivity contribution is 5.55. The quantitative estimate of drug-likeness (QED) is 0.457. The van der Waals surface area contributed by atoms with Gasteiger partial charge in [0.25, 0.3) is 0 Å². The fourth-order valence-corrected chi connectivity index (χ4v) is 1.03. The molecule has 0 saturated carbocycles. The molecule has 0 aliphatic heterocycles. The highest BCUT2D eigenvalue weighted by Crippen LogP contribution is 2.03. The maximum absolute atomic E-state index is 10.9. The molecule has 0 bridgehead atoms. The van der Waals surface area contributed by atoms with Crippen LogP contribution in [0.4, 0.5) is 5.69 Å². The first-order valence-corrected chi connectivity index (χ1v) is 3.87. The molecule has 2 N–H and O–H groups in total. The molecular formula is C8H12N2O2. The Morgan fingerprint density at radius 2 is 1.83 bits per heavy atom. The van der Waals surface area contributed by atoms with Crippen LogP contribution in [0.3, 0.4) is 0 Å². The summed E-state index contributed by atoms with van der Waals surface area (Å²) in [6.07, 6.45) is 0. The highest BCUT2D eigenvalue weighted by Gasteiger charge is 2.15. The summed E-state index contributed by atoms with van der Waals surface area (Å²) in [5, 5.41) is 5.83. The van der Waals surface area contributed by atoms with Gasteiger partial charge < -0.3 is 10.6 Å². The van der Waals surface area contributed by atoms with Gasteiger partial charge in [-0.05, 0) is 14.0 Å². The molecule has 66 valence electrons. The minimum absolute atomic E-state index is 0.359. The average molecular weight is 168 g/mol. The van der Waals surface area contributed by atoms with Crippen LogP contribution in [0.2, 0.25) is 0 Å². The van der Waals surface area contributed by atoms with Gasteiger partial charge in [-0.1, -0.05) is 0 Å². The van der Waals surface area contributed by atoms with Gasteiger partial charge in [0.2, 0.25) is 10.9 Å². The Hall–Kier alpha value is -1.16. The van der Waals surface area contributed by atoms with Gasteiger partial charge in [0.15, 0.2) is 0 Å². The zero-order chi connectivity index (χ0) is 9.14. The van der Waals surface area contributed by atoms with Crippen molar-refractivity contribution < 1.29 is 0 Å². The number of nitrogens with one attached hydrogen (secondary N) is 2. The first-order chi connectivity index (χ1) is 5.68. The van der Waals surface area contributed by atoms with E-state index < -0.39 is 0 Å². The van der Waals surface area contributed by atoms with E-state index in [1.165, 1.54) is 0 Å². The third-order valence-corrected chi connectivity index (χ3v) is 1.83. The molecule has 12 heavy (non-hydrogen) atoms. The lowest BCUT2D eigenvalue weighted by atomic mass is 10.1. The van der Waals surface area contributed by atoms with Crippen molar-refractivity contribution in [1.82, 2.24) is 5.32 Å². The van der Waals surface area contributed by atoms with Crippen LogP contribution in [0.5, 0.6) is 0 Å². The van der Waals surface area contributed by atoms with Gasteiger partial charge in [0, 0.05) is 18.7 Å². The maximum Gasteiger partial charge on any atom is 0.249 e. The van der Waals surface area contributed by atoms with E-state index >= 15 is 0 Å². The van der Waals surface area contributed by atoms with Crippen LogP contribution < -0.4 is 21.5 Å². The van der Waals surface area contributed by atoms with Crippen molar-refractivity contribution in [1.29, 1.82) is 0 Å². The van der Waals surface area contributed by atoms with Crippen LogP contribution in [-0.2, 0) is 0 Å². The van der Waals surface area contributed by atoms with Crippen LogP contribution in [0.1, 0.15) is 5.56 Å². The van der Waals surface area contributed by atoms with E-state index in [4.69, 9.17) is 0 Å². The molecule has 0 atom stereocenters. The van der Waals surface area contributed by atoms with Crippen LogP contribution >= 0.6 is 0 Å². The normalized spacial score (nSPS) is 10.5. The van der Waals surface area contributed by atoms with E-state index in [0.29, 0.717) is 17.8 Å². The Bertz CT molecular complexity index is 337.